The first kappa shape index (κ1) is 8.30. The Morgan fingerprint density at radius 1 is 1.20 bits per heavy atom. The number of nitrogens with zero attached hydrogens (tertiary/aromatic N) is 2. The standard InChI is InChI=1S/C11H13N3S/c1-2-8-10(3-1)15-11-13-7-4-5-12-6-9(7)14(8)11/h12H,1-6H2. The zero-order valence-electron chi connectivity index (χ0n) is 8.55. The fraction of sp³-hybridized carbons (Fsp3) is 0.545. The molecule has 2 aromatic rings. The third kappa shape index (κ3) is 1.01. The highest BCUT2D eigenvalue weighted by atomic mass is 32.1. The number of hydrogen-bond donors (Lipinski definition) is 1. The quantitative estimate of drug-likeness (QED) is 0.728. The van der Waals surface area contributed by atoms with E-state index in [9.17, 15) is 0 Å². The van der Waals surface area contributed by atoms with Crippen LogP contribution in [0.4, 0.5) is 0 Å². The summed E-state index contributed by atoms with van der Waals surface area (Å²) in [7, 11) is 0. The van der Waals surface area contributed by atoms with E-state index in [1.165, 1.54) is 35.6 Å². The fourth-order valence-corrected chi connectivity index (χ4v) is 4.02. The number of rotatable bonds is 0. The Labute approximate surface area is 92.1 Å². The molecule has 2 aromatic heterocycles. The van der Waals surface area contributed by atoms with Gasteiger partial charge in [-0.15, -0.1) is 11.3 Å². The molecule has 0 atom stereocenters. The van der Waals surface area contributed by atoms with Gasteiger partial charge in [0, 0.05) is 30.1 Å². The van der Waals surface area contributed by atoms with E-state index < -0.39 is 0 Å². The lowest BCUT2D eigenvalue weighted by Crippen LogP contribution is -2.24. The first-order chi connectivity index (χ1) is 7.43. The van der Waals surface area contributed by atoms with E-state index in [1.54, 1.807) is 10.6 Å². The third-order valence-electron chi connectivity index (χ3n) is 3.48. The molecule has 0 fully saturated rings. The lowest BCUT2D eigenvalue weighted by atomic mass is 10.2. The molecule has 0 unspecified atom stereocenters. The average Bonchev–Trinajstić information content (AvgIpc) is 2.85. The number of hydrogen-bond acceptors (Lipinski definition) is 3. The van der Waals surface area contributed by atoms with Crippen molar-refractivity contribution in [2.45, 2.75) is 32.2 Å². The smallest absolute Gasteiger partial charge is 0.194 e. The van der Waals surface area contributed by atoms with Crippen LogP contribution in [0.25, 0.3) is 4.96 Å². The van der Waals surface area contributed by atoms with Gasteiger partial charge in [-0.05, 0) is 19.3 Å². The van der Waals surface area contributed by atoms with E-state index in [0.29, 0.717) is 0 Å². The van der Waals surface area contributed by atoms with Gasteiger partial charge in [0.05, 0.1) is 11.4 Å². The molecule has 1 aliphatic carbocycles. The van der Waals surface area contributed by atoms with Gasteiger partial charge in [-0.25, -0.2) is 4.98 Å². The van der Waals surface area contributed by atoms with Crippen LogP contribution in [0.1, 0.15) is 28.4 Å². The van der Waals surface area contributed by atoms with E-state index in [4.69, 9.17) is 4.98 Å². The summed E-state index contributed by atoms with van der Waals surface area (Å²) in [5, 5.41) is 3.44. The van der Waals surface area contributed by atoms with Gasteiger partial charge in [0.15, 0.2) is 4.96 Å². The summed E-state index contributed by atoms with van der Waals surface area (Å²) in [6.07, 6.45) is 4.94. The van der Waals surface area contributed by atoms with Crippen molar-refractivity contribution < 1.29 is 0 Å². The van der Waals surface area contributed by atoms with Crippen molar-refractivity contribution in [3.63, 3.8) is 0 Å². The highest BCUT2D eigenvalue weighted by molar-refractivity contribution is 7.17. The maximum absolute atomic E-state index is 4.76. The topological polar surface area (TPSA) is 29.3 Å². The second kappa shape index (κ2) is 2.83. The average molecular weight is 219 g/mol. The molecular formula is C11H13N3S. The van der Waals surface area contributed by atoms with Crippen molar-refractivity contribution in [3.05, 3.63) is 22.0 Å². The van der Waals surface area contributed by atoms with Crippen LogP contribution in [0.15, 0.2) is 0 Å². The normalized spacial score (nSPS) is 19.5. The number of fused-ring (bicyclic) bond motifs is 5. The summed E-state index contributed by atoms with van der Waals surface area (Å²) in [5.41, 5.74) is 4.30. The predicted molar refractivity (Wildman–Crippen MR) is 60.5 cm³/mol. The Kier molecular flexibility index (Phi) is 1.57. The highest BCUT2D eigenvalue weighted by Gasteiger charge is 2.24. The number of thiazole rings is 1. The first-order valence-corrected chi connectivity index (χ1v) is 6.46. The first-order valence-electron chi connectivity index (χ1n) is 5.65. The number of aromatic nitrogens is 2. The molecule has 3 nitrogen and oxygen atoms in total. The van der Waals surface area contributed by atoms with Gasteiger partial charge in [-0.1, -0.05) is 0 Å². The van der Waals surface area contributed by atoms with Crippen molar-refractivity contribution in [1.29, 1.82) is 0 Å². The molecule has 3 heterocycles. The van der Waals surface area contributed by atoms with Crippen LogP contribution < -0.4 is 5.32 Å². The van der Waals surface area contributed by atoms with Gasteiger partial charge < -0.3 is 5.32 Å². The van der Waals surface area contributed by atoms with Crippen molar-refractivity contribution in [3.8, 4) is 0 Å². The molecule has 4 rings (SSSR count). The lowest BCUT2D eigenvalue weighted by molar-refractivity contribution is 0.618. The SMILES string of the molecule is C1Cc2sc3nc4c(n3c2C1)CNCC4. The molecule has 0 saturated heterocycles. The minimum atomic E-state index is 1.000. The van der Waals surface area contributed by atoms with Crippen LogP contribution in [0, 0.1) is 0 Å². The van der Waals surface area contributed by atoms with Gasteiger partial charge >= 0.3 is 0 Å². The summed E-state index contributed by atoms with van der Waals surface area (Å²) in [5.74, 6) is 0. The minimum Gasteiger partial charge on any atom is -0.311 e. The highest BCUT2D eigenvalue weighted by Crippen LogP contribution is 2.33. The summed E-state index contributed by atoms with van der Waals surface area (Å²) in [4.78, 5) is 7.56. The van der Waals surface area contributed by atoms with Crippen molar-refractivity contribution in [1.82, 2.24) is 14.7 Å². The van der Waals surface area contributed by atoms with Crippen LogP contribution >= 0.6 is 11.3 Å². The van der Waals surface area contributed by atoms with Crippen LogP contribution in [-0.2, 0) is 25.8 Å². The molecule has 1 aliphatic heterocycles. The monoisotopic (exact) mass is 219 g/mol. The number of nitrogens with one attached hydrogen (secondary N) is 1. The molecule has 0 spiro atoms. The van der Waals surface area contributed by atoms with E-state index in [2.05, 4.69) is 9.72 Å². The molecule has 78 valence electrons. The van der Waals surface area contributed by atoms with E-state index in [-0.39, 0.29) is 0 Å². The zero-order chi connectivity index (χ0) is 9.83. The number of aryl methyl sites for hydroxylation is 2. The van der Waals surface area contributed by atoms with Crippen LogP contribution in [0.5, 0.6) is 0 Å². The van der Waals surface area contributed by atoms with Gasteiger partial charge in [-0.2, -0.15) is 0 Å². The van der Waals surface area contributed by atoms with Crippen LogP contribution in [-0.4, -0.2) is 15.9 Å². The maximum atomic E-state index is 4.76. The van der Waals surface area contributed by atoms with Crippen molar-refractivity contribution in [2.24, 2.45) is 0 Å². The lowest BCUT2D eigenvalue weighted by Gasteiger charge is -2.12. The van der Waals surface area contributed by atoms with Crippen molar-refractivity contribution >= 4 is 16.3 Å². The van der Waals surface area contributed by atoms with Gasteiger partial charge in [0.1, 0.15) is 0 Å². The molecular weight excluding hydrogens is 206 g/mol. The molecule has 1 N–H and O–H groups in total. The summed E-state index contributed by atoms with van der Waals surface area (Å²) in [6, 6.07) is 0. The Morgan fingerprint density at radius 2 is 2.20 bits per heavy atom. The Hall–Kier alpha value is -0.870. The molecule has 0 amide bonds. The van der Waals surface area contributed by atoms with Gasteiger partial charge in [-0.3, -0.25) is 4.40 Å². The second-order valence-corrected chi connectivity index (χ2v) is 5.44. The van der Waals surface area contributed by atoms with Crippen LogP contribution in [0.3, 0.4) is 0 Å². The van der Waals surface area contributed by atoms with E-state index in [0.717, 1.165) is 19.5 Å². The Balaban J connectivity index is 2.06. The van der Waals surface area contributed by atoms with E-state index in [1.807, 2.05) is 11.3 Å². The van der Waals surface area contributed by atoms with E-state index >= 15 is 0 Å². The molecule has 0 bridgehead atoms. The largest absolute Gasteiger partial charge is 0.311 e. The molecule has 0 aromatic carbocycles. The summed E-state index contributed by atoms with van der Waals surface area (Å²) < 4.78 is 2.43. The van der Waals surface area contributed by atoms with Gasteiger partial charge in [0.2, 0.25) is 0 Å². The van der Waals surface area contributed by atoms with Gasteiger partial charge in [0.25, 0.3) is 0 Å². The Bertz CT molecular complexity index is 538. The molecule has 0 saturated carbocycles. The maximum Gasteiger partial charge on any atom is 0.194 e. The molecule has 4 heteroatoms. The zero-order valence-corrected chi connectivity index (χ0v) is 9.36. The molecule has 0 radical (unpaired) electrons. The summed E-state index contributed by atoms with van der Waals surface area (Å²) >= 11 is 1.90. The fourth-order valence-electron chi connectivity index (χ4n) is 2.77. The summed E-state index contributed by atoms with van der Waals surface area (Å²) in [6.45, 7) is 2.08. The predicted octanol–water partition coefficient (Wildman–Crippen LogP) is 1.53. The van der Waals surface area contributed by atoms with Crippen molar-refractivity contribution in [2.75, 3.05) is 6.54 Å². The molecule has 15 heavy (non-hydrogen) atoms. The minimum absolute atomic E-state index is 1.000. The molecule has 2 aliphatic rings. The second-order valence-electron chi connectivity index (χ2n) is 4.38. The Morgan fingerprint density at radius 3 is 3.20 bits per heavy atom. The van der Waals surface area contributed by atoms with Crippen LogP contribution in [0.2, 0.25) is 0 Å². The number of imidazole rings is 1. The third-order valence-corrected chi connectivity index (χ3v) is 4.62.